The number of rotatable bonds is 3. The molecule has 2 aromatic rings. The zero-order valence-electron chi connectivity index (χ0n) is 13.0. The van der Waals surface area contributed by atoms with Crippen LogP contribution in [0, 0.1) is 0 Å². The van der Waals surface area contributed by atoms with Crippen molar-refractivity contribution in [1.29, 1.82) is 0 Å². The van der Waals surface area contributed by atoms with Crippen molar-refractivity contribution in [2.45, 2.75) is 44.7 Å². The highest BCUT2D eigenvalue weighted by atomic mass is 79.9. The van der Waals surface area contributed by atoms with E-state index in [0.717, 1.165) is 30.5 Å². The van der Waals surface area contributed by atoms with Crippen molar-refractivity contribution in [3.05, 3.63) is 33.8 Å². The Bertz CT molecular complexity index is 674. The van der Waals surface area contributed by atoms with Crippen LogP contribution >= 0.6 is 15.9 Å². The highest BCUT2D eigenvalue weighted by Gasteiger charge is 2.27. The van der Waals surface area contributed by atoms with Crippen LogP contribution in [0.25, 0.3) is 0 Å². The first-order valence-electron chi connectivity index (χ1n) is 8.16. The number of nitrogens with zero attached hydrogens (tertiary/aromatic N) is 5. The van der Waals surface area contributed by atoms with Gasteiger partial charge < -0.3 is 0 Å². The van der Waals surface area contributed by atoms with Crippen molar-refractivity contribution in [2.75, 3.05) is 13.1 Å². The maximum Gasteiger partial charge on any atom is 0.0659 e. The standard InChI is InChI=1S/C16H22BrN5/c1-20-16(14-4-2-3-5-15(14)19-20)11-21-7-6-13(10-21)22-9-12(17)8-18-22/h8-9,13H,2-7,10-11H2,1H3. The highest BCUT2D eigenvalue weighted by molar-refractivity contribution is 9.10. The van der Waals surface area contributed by atoms with Crippen molar-refractivity contribution >= 4 is 15.9 Å². The van der Waals surface area contributed by atoms with Gasteiger partial charge in [0, 0.05) is 32.9 Å². The van der Waals surface area contributed by atoms with Crippen LogP contribution in [0.1, 0.15) is 42.3 Å². The summed E-state index contributed by atoms with van der Waals surface area (Å²) in [5.74, 6) is 0. The Labute approximate surface area is 139 Å². The van der Waals surface area contributed by atoms with Gasteiger partial charge >= 0.3 is 0 Å². The van der Waals surface area contributed by atoms with Gasteiger partial charge in [0.15, 0.2) is 0 Å². The molecule has 6 heteroatoms. The molecule has 4 rings (SSSR count). The van der Waals surface area contributed by atoms with Crippen LogP contribution in [0.15, 0.2) is 16.9 Å². The zero-order chi connectivity index (χ0) is 15.1. The van der Waals surface area contributed by atoms with E-state index >= 15 is 0 Å². The van der Waals surface area contributed by atoms with Crippen molar-refractivity contribution in [1.82, 2.24) is 24.5 Å². The molecule has 1 unspecified atom stereocenters. The average molecular weight is 364 g/mol. The molecule has 0 bridgehead atoms. The number of hydrogen-bond acceptors (Lipinski definition) is 3. The van der Waals surface area contributed by atoms with Gasteiger partial charge in [0.25, 0.3) is 0 Å². The van der Waals surface area contributed by atoms with Crippen LogP contribution in [0.5, 0.6) is 0 Å². The quantitative estimate of drug-likeness (QED) is 0.841. The largest absolute Gasteiger partial charge is 0.295 e. The Kier molecular flexibility index (Phi) is 3.82. The smallest absolute Gasteiger partial charge is 0.0659 e. The predicted octanol–water partition coefficient (Wildman–Crippen LogP) is 2.70. The summed E-state index contributed by atoms with van der Waals surface area (Å²) in [6.45, 7) is 3.24. The van der Waals surface area contributed by atoms with Gasteiger partial charge in [-0.2, -0.15) is 10.2 Å². The van der Waals surface area contributed by atoms with Gasteiger partial charge in [0.2, 0.25) is 0 Å². The van der Waals surface area contributed by atoms with E-state index in [4.69, 9.17) is 5.10 Å². The molecule has 0 amide bonds. The fourth-order valence-electron chi connectivity index (χ4n) is 3.84. The van der Waals surface area contributed by atoms with E-state index in [1.54, 1.807) is 0 Å². The van der Waals surface area contributed by atoms with Gasteiger partial charge in [-0.1, -0.05) is 0 Å². The Morgan fingerprint density at radius 1 is 1.32 bits per heavy atom. The van der Waals surface area contributed by atoms with Crippen LogP contribution < -0.4 is 0 Å². The lowest BCUT2D eigenvalue weighted by atomic mass is 9.96. The topological polar surface area (TPSA) is 38.9 Å². The molecule has 1 fully saturated rings. The van der Waals surface area contributed by atoms with Crippen LogP contribution in [-0.2, 0) is 26.4 Å². The molecule has 1 aliphatic heterocycles. The van der Waals surface area contributed by atoms with Crippen LogP contribution in [0.2, 0.25) is 0 Å². The molecule has 1 saturated heterocycles. The lowest BCUT2D eigenvalue weighted by Gasteiger charge is -2.18. The van der Waals surface area contributed by atoms with Gasteiger partial charge in [0.1, 0.15) is 0 Å². The van der Waals surface area contributed by atoms with Crippen LogP contribution in [0.3, 0.4) is 0 Å². The monoisotopic (exact) mass is 363 g/mol. The molecule has 2 aliphatic rings. The summed E-state index contributed by atoms with van der Waals surface area (Å²) in [7, 11) is 2.10. The van der Waals surface area contributed by atoms with E-state index in [1.165, 1.54) is 42.6 Å². The minimum Gasteiger partial charge on any atom is -0.295 e. The second-order valence-electron chi connectivity index (χ2n) is 6.52. The first-order chi connectivity index (χ1) is 10.7. The molecule has 5 nitrogen and oxygen atoms in total. The van der Waals surface area contributed by atoms with Gasteiger partial charge in [0.05, 0.1) is 28.1 Å². The van der Waals surface area contributed by atoms with Crippen LogP contribution in [-0.4, -0.2) is 37.6 Å². The molecular formula is C16H22BrN5. The van der Waals surface area contributed by atoms with Gasteiger partial charge in [-0.15, -0.1) is 0 Å². The molecule has 1 atom stereocenters. The Hall–Kier alpha value is -1.14. The molecule has 3 heterocycles. The predicted molar refractivity (Wildman–Crippen MR) is 88.7 cm³/mol. The fourth-order valence-corrected chi connectivity index (χ4v) is 4.14. The minimum absolute atomic E-state index is 0.496. The third-order valence-corrected chi connectivity index (χ3v) is 5.42. The number of fused-ring (bicyclic) bond motifs is 1. The van der Waals surface area contributed by atoms with E-state index in [2.05, 4.69) is 48.5 Å². The summed E-state index contributed by atoms with van der Waals surface area (Å²) in [6.07, 6.45) is 10.1. The van der Waals surface area contributed by atoms with E-state index in [-0.39, 0.29) is 0 Å². The third-order valence-electron chi connectivity index (χ3n) is 5.01. The van der Waals surface area contributed by atoms with E-state index < -0.39 is 0 Å². The van der Waals surface area contributed by atoms with E-state index in [1.807, 2.05) is 6.20 Å². The zero-order valence-corrected chi connectivity index (χ0v) is 14.6. The Morgan fingerprint density at radius 2 is 2.18 bits per heavy atom. The van der Waals surface area contributed by atoms with Gasteiger partial charge in [-0.25, -0.2) is 0 Å². The molecule has 0 spiro atoms. The molecule has 1 aliphatic carbocycles. The fraction of sp³-hybridized carbons (Fsp3) is 0.625. The number of aromatic nitrogens is 4. The normalized spacial score (nSPS) is 22.2. The van der Waals surface area contributed by atoms with Crippen LogP contribution in [0.4, 0.5) is 0 Å². The average Bonchev–Trinajstić information content (AvgIpc) is 3.20. The number of likely N-dealkylation sites (tertiary alicyclic amines) is 1. The molecule has 0 saturated carbocycles. The summed E-state index contributed by atoms with van der Waals surface area (Å²) < 4.78 is 5.28. The summed E-state index contributed by atoms with van der Waals surface area (Å²) in [4.78, 5) is 2.55. The summed E-state index contributed by atoms with van der Waals surface area (Å²) in [5, 5.41) is 9.18. The SMILES string of the molecule is Cn1nc2c(c1CN1CCC(n3cc(Br)cn3)C1)CCCC2. The molecule has 0 N–H and O–H groups in total. The van der Waals surface area contributed by atoms with Crippen molar-refractivity contribution in [3.63, 3.8) is 0 Å². The van der Waals surface area contributed by atoms with E-state index in [9.17, 15) is 0 Å². The van der Waals surface area contributed by atoms with Gasteiger partial charge in [-0.05, 0) is 53.6 Å². The molecule has 22 heavy (non-hydrogen) atoms. The van der Waals surface area contributed by atoms with Crippen molar-refractivity contribution < 1.29 is 0 Å². The minimum atomic E-state index is 0.496. The first-order valence-corrected chi connectivity index (χ1v) is 8.95. The number of hydrogen-bond donors (Lipinski definition) is 0. The summed E-state index contributed by atoms with van der Waals surface area (Å²) in [6, 6.07) is 0.496. The van der Waals surface area contributed by atoms with Crippen molar-refractivity contribution in [2.24, 2.45) is 7.05 Å². The molecular weight excluding hydrogens is 342 g/mol. The second-order valence-corrected chi connectivity index (χ2v) is 7.43. The summed E-state index contributed by atoms with van der Waals surface area (Å²) >= 11 is 3.49. The van der Waals surface area contributed by atoms with E-state index in [0.29, 0.717) is 6.04 Å². The molecule has 0 radical (unpaired) electrons. The number of halogens is 1. The highest BCUT2D eigenvalue weighted by Crippen LogP contribution is 2.28. The van der Waals surface area contributed by atoms with Gasteiger partial charge in [-0.3, -0.25) is 14.3 Å². The second kappa shape index (κ2) is 5.81. The molecule has 118 valence electrons. The first kappa shape index (κ1) is 14.5. The van der Waals surface area contributed by atoms with Crippen molar-refractivity contribution in [3.8, 4) is 0 Å². The Balaban J connectivity index is 1.48. The Morgan fingerprint density at radius 3 is 3.00 bits per heavy atom. The lowest BCUT2D eigenvalue weighted by molar-refractivity contribution is 0.302. The third kappa shape index (κ3) is 2.63. The molecule has 0 aromatic carbocycles. The lowest BCUT2D eigenvalue weighted by Crippen LogP contribution is -2.23. The maximum absolute atomic E-state index is 4.74. The number of aryl methyl sites for hydroxylation is 2. The summed E-state index contributed by atoms with van der Waals surface area (Å²) in [5.41, 5.74) is 4.30. The molecule has 2 aromatic heterocycles. The maximum atomic E-state index is 4.74.